The molecule has 32 heavy (non-hydrogen) atoms. The molecule has 0 fully saturated rings. The maximum absolute atomic E-state index is 13.1. The Bertz CT molecular complexity index is 1260. The summed E-state index contributed by atoms with van der Waals surface area (Å²) in [5, 5.41) is 9.54. The van der Waals surface area contributed by atoms with Crippen molar-refractivity contribution < 1.29 is 41.0 Å². The molecule has 0 radical (unpaired) electrons. The smallest absolute Gasteiger partial charge is 0.416 e. The Balaban J connectivity index is 2.23. The number of aromatic nitrogens is 1. The van der Waals surface area contributed by atoms with Gasteiger partial charge in [0, 0.05) is 5.56 Å². The number of nitrogens with zero attached hydrogens (tertiary/aromatic N) is 2. The van der Waals surface area contributed by atoms with E-state index in [-0.39, 0.29) is 21.4 Å². The second kappa shape index (κ2) is 8.41. The van der Waals surface area contributed by atoms with Crippen LogP contribution in [0.5, 0.6) is 0 Å². The van der Waals surface area contributed by atoms with Gasteiger partial charge in [0.05, 0.1) is 21.3 Å². The van der Waals surface area contributed by atoms with E-state index in [9.17, 15) is 41.0 Å². The molecule has 2 aromatic carbocycles. The molecule has 1 aromatic heterocycles. The Kier molecular flexibility index (Phi) is 6.18. The molecule has 1 heterocycles. The second-order valence-electron chi connectivity index (χ2n) is 6.69. The molecule has 0 saturated carbocycles. The quantitative estimate of drug-likeness (QED) is 0.505. The van der Waals surface area contributed by atoms with E-state index in [4.69, 9.17) is 0 Å². The average Bonchev–Trinajstić information content (AvgIpc) is 3.04. The van der Waals surface area contributed by atoms with Crippen molar-refractivity contribution in [2.75, 3.05) is 0 Å². The molecule has 12 heteroatoms. The third-order valence-corrected chi connectivity index (χ3v) is 5.59. The minimum atomic E-state index is -4.70. The first-order valence-corrected chi connectivity index (χ1v) is 9.86. The molecular formula is C20H14F6N2O3S. The van der Waals surface area contributed by atoms with Crippen molar-refractivity contribution >= 4 is 33.4 Å². The van der Waals surface area contributed by atoms with E-state index < -0.39 is 47.0 Å². The molecule has 1 unspecified atom stereocenters. The highest BCUT2D eigenvalue weighted by molar-refractivity contribution is 7.16. The number of aliphatic carboxylic acids is 1. The number of carboxylic acids is 1. The molecule has 170 valence electrons. The summed E-state index contributed by atoms with van der Waals surface area (Å²) in [6, 6.07) is 4.90. The summed E-state index contributed by atoms with van der Waals surface area (Å²) in [4.78, 5) is 27.8. The molecule has 0 bridgehead atoms. The van der Waals surface area contributed by atoms with Gasteiger partial charge in [-0.1, -0.05) is 24.3 Å². The summed E-state index contributed by atoms with van der Waals surface area (Å²) in [7, 11) is 0. The number of halogens is 6. The number of fused-ring (bicyclic) bond motifs is 1. The van der Waals surface area contributed by atoms with E-state index in [1.54, 1.807) is 0 Å². The third kappa shape index (κ3) is 4.69. The molecule has 0 aliphatic rings. The van der Waals surface area contributed by atoms with Crippen LogP contribution in [0.15, 0.2) is 47.5 Å². The first-order valence-electron chi connectivity index (χ1n) is 9.04. The summed E-state index contributed by atoms with van der Waals surface area (Å²) >= 11 is 0.638. The number of hydrogen-bond donors (Lipinski definition) is 1. The maximum Gasteiger partial charge on any atom is 0.416 e. The van der Waals surface area contributed by atoms with Gasteiger partial charge in [0.2, 0.25) is 0 Å². The molecule has 5 nitrogen and oxygen atoms in total. The summed E-state index contributed by atoms with van der Waals surface area (Å²) < 4.78 is 79.2. The van der Waals surface area contributed by atoms with Crippen LogP contribution in [-0.2, 0) is 17.1 Å². The van der Waals surface area contributed by atoms with Gasteiger partial charge in [0.1, 0.15) is 6.04 Å². The van der Waals surface area contributed by atoms with Crippen LogP contribution in [0.3, 0.4) is 0 Å². The zero-order valence-corrected chi connectivity index (χ0v) is 17.0. The van der Waals surface area contributed by atoms with E-state index in [0.29, 0.717) is 17.4 Å². The lowest BCUT2D eigenvalue weighted by Crippen LogP contribution is -2.27. The molecular weight excluding hydrogens is 462 g/mol. The molecule has 3 aromatic rings. The first-order chi connectivity index (χ1) is 14.8. The Morgan fingerprint density at radius 2 is 1.66 bits per heavy atom. The van der Waals surface area contributed by atoms with Crippen molar-refractivity contribution in [1.29, 1.82) is 0 Å². The van der Waals surface area contributed by atoms with Crippen molar-refractivity contribution in [3.05, 3.63) is 64.0 Å². The van der Waals surface area contributed by atoms with Crippen LogP contribution in [0.4, 0.5) is 26.3 Å². The molecule has 1 amide bonds. The number of carbonyl (C=O) groups excluding carboxylic acids is 1. The van der Waals surface area contributed by atoms with Gasteiger partial charge in [-0.05, 0) is 42.8 Å². The molecule has 3 rings (SSSR count). The van der Waals surface area contributed by atoms with Crippen LogP contribution < -0.4 is 4.80 Å². The molecule has 0 saturated heterocycles. The van der Waals surface area contributed by atoms with Crippen molar-refractivity contribution in [3.63, 3.8) is 0 Å². The lowest BCUT2D eigenvalue weighted by atomic mass is 10.1. The van der Waals surface area contributed by atoms with E-state index >= 15 is 0 Å². The minimum Gasteiger partial charge on any atom is -0.480 e. The third-order valence-electron chi connectivity index (χ3n) is 4.57. The number of alkyl halides is 6. The van der Waals surface area contributed by atoms with Crippen LogP contribution in [0.1, 0.15) is 40.9 Å². The molecule has 0 aliphatic carbocycles. The Morgan fingerprint density at radius 3 is 2.22 bits per heavy atom. The maximum atomic E-state index is 13.1. The lowest BCUT2D eigenvalue weighted by Gasteiger charge is -2.14. The zero-order valence-electron chi connectivity index (χ0n) is 16.2. The highest BCUT2D eigenvalue weighted by atomic mass is 32.1. The monoisotopic (exact) mass is 476 g/mol. The van der Waals surface area contributed by atoms with Crippen molar-refractivity contribution in [2.24, 2.45) is 4.99 Å². The van der Waals surface area contributed by atoms with Crippen molar-refractivity contribution in [1.82, 2.24) is 4.57 Å². The van der Waals surface area contributed by atoms with Crippen LogP contribution >= 0.6 is 11.3 Å². The fourth-order valence-corrected chi connectivity index (χ4v) is 4.15. The van der Waals surface area contributed by atoms with Gasteiger partial charge in [0.15, 0.2) is 4.80 Å². The van der Waals surface area contributed by atoms with Gasteiger partial charge >= 0.3 is 18.3 Å². The van der Waals surface area contributed by atoms with Gasteiger partial charge in [-0.2, -0.15) is 31.3 Å². The lowest BCUT2D eigenvalue weighted by molar-refractivity contribution is -0.141. The fourth-order valence-electron chi connectivity index (χ4n) is 3.05. The van der Waals surface area contributed by atoms with Gasteiger partial charge in [-0.3, -0.25) is 4.79 Å². The first kappa shape index (κ1) is 23.5. The van der Waals surface area contributed by atoms with Crippen LogP contribution in [0.2, 0.25) is 0 Å². The van der Waals surface area contributed by atoms with E-state index in [2.05, 4.69) is 4.99 Å². The fraction of sp³-hybridized carbons (Fsp3) is 0.250. The summed E-state index contributed by atoms with van der Waals surface area (Å²) in [5.41, 5.74) is -2.34. The topological polar surface area (TPSA) is 71.7 Å². The number of carbonyl (C=O) groups is 2. The summed E-state index contributed by atoms with van der Waals surface area (Å²) in [6.45, 7) is 1.53. The SMILES string of the molecule is CCC(C(=O)O)n1/c(=N/C(=O)c2cccc(C(F)(F)F)c2)sc2cc(C(F)(F)F)ccc21. The standard InChI is InChI=1S/C20H14F6N2O3S/c1-2-13(17(30)31)28-14-7-6-12(20(24,25)26)9-15(14)32-18(28)27-16(29)10-4-3-5-11(8-10)19(21,22)23/h3-9,13H,2H2,1H3,(H,30,31)/b27-18-. The molecule has 1 atom stereocenters. The molecule has 1 N–H and O–H groups in total. The van der Waals surface area contributed by atoms with Gasteiger partial charge in [-0.15, -0.1) is 0 Å². The van der Waals surface area contributed by atoms with E-state index in [0.717, 1.165) is 41.0 Å². The Labute approximate surface area is 180 Å². The number of rotatable bonds is 4. The van der Waals surface area contributed by atoms with Crippen molar-refractivity contribution in [3.8, 4) is 0 Å². The summed E-state index contributed by atoms with van der Waals surface area (Å²) in [6.07, 6.45) is -9.32. The minimum absolute atomic E-state index is 0.0210. The zero-order chi connectivity index (χ0) is 23.8. The normalized spacial score (nSPS) is 14.0. The highest BCUT2D eigenvalue weighted by Gasteiger charge is 2.32. The predicted molar refractivity (Wildman–Crippen MR) is 103 cm³/mol. The molecule has 0 aliphatic heterocycles. The van der Waals surface area contributed by atoms with Gasteiger partial charge in [0.25, 0.3) is 5.91 Å². The predicted octanol–water partition coefficient (Wildman–Crippen LogP) is 5.52. The average molecular weight is 476 g/mol. The number of hydrogen-bond acceptors (Lipinski definition) is 3. The Hall–Kier alpha value is -3.15. The van der Waals surface area contributed by atoms with Crippen molar-refractivity contribution in [2.45, 2.75) is 31.7 Å². The molecule has 0 spiro atoms. The van der Waals surface area contributed by atoms with Crippen LogP contribution in [0, 0.1) is 0 Å². The van der Waals surface area contributed by atoms with Gasteiger partial charge < -0.3 is 9.67 Å². The van der Waals surface area contributed by atoms with Crippen LogP contribution in [0.25, 0.3) is 10.2 Å². The number of carboxylic acid groups (broad SMARTS) is 1. The van der Waals surface area contributed by atoms with E-state index in [1.807, 2.05) is 0 Å². The highest BCUT2D eigenvalue weighted by Crippen LogP contribution is 2.33. The largest absolute Gasteiger partial charge is 0.480 e. The van der Waals surface area contributed by atoms with Crippen LogP contribution in [-0.4, -0.2) is 21.6 Å². The van der Waals surface area contributed by atoms with E-state index in [1.165, 1.54) is 6.92 Å². The van der Waals surface area contributed by atoms with Gasteiger partial charge in [-0.25, -0.2) is 4.79 Å². The second-order valence-corrected chi connectivity index (χ2v) is 7.70. The number of amides is 1. The summed E-state index contributed by atoms with van der Waals surface area (Å²) in [5.74, 6) is -2.40. The number of benzene rings is 2. The number of thiazole rings is 1. The Morgan fingerprint density at radius 1 is 1.03 bits per heavy atom.